The average molecular weight is 279 g/mol. The summed E-state index contributed by atoms with van der Waals surface area (Å²) in [5, 5.41) is 17.9. The lowest BCUT2D eigenvalue weighted by molar-refractivity contribution is -0.153. The van der Waals surface area contributed by atoms with Gasteiger partial charge in [-0.25, -0.2) is 8.78 Å². The number of carbonyl (C=O) groups is 2. The summed E-state index contributed by atoms with van der Waals surface area (Å²) < 4.78 is 24.8. The van der Waals surface area contributed by atoms with Crippen molar-refractivity contribution >= 4 is 11.9 Å². The normalized spacial score (nSPS) is 23.4. The van der Waals surface area contributed by atoms with Crippen LogP contribution in [0.25, 0.3) is 0 Å². The standard InChI is InChI=1S/C12H19F2NO4/c13-10(14)7-15(5-6-16)11(17)8-3-1-2-4-9(8)12(18)19/h8-10,16H,1-7H2,(H,18,19)/t8-,9+/m1/s1. The number of hydrogen-bond acceptors (Lipinski definition) is 3. The quantitative estimate of drug-likeness (QED) is 0.759. The summed E-state index contributed by atoms with van der Waals surface area (Å²) in [5.74, 6) is -3.20. The molecule has 0 radical (unpaired) electrons. The number of carbonyl (C=O) groups excluding carboxylic acids is 1. The largest absolute Gasteiger partial charge is 0.481 e. The maximum absolute atomic E-state index is 12.4. The molecule has 0 unspecified atom stereocenters. The minimum absolute atomic E-state index is 0.188. The molecule has 0 bridgehead atoms. The summed E-state index contributed by atoms with van der Waals surface area (Å²) in [4.78, 5) is 24.1. The fourth-order valence-corrected chi connectivity index (χ4v) is 2.54. The third-order valence-corrected chi connectivity index (χ3v) is 3.44. The first-order chi connectivity index (χ1) is 8.97. The zero-order chi connectivity index (χ0) is 14.4. The second-order valence-corrected chi connectivity index (χ2v) is 4.73. The van der Waals surface area contributed by atoms with Gasteiger partial charge in [0.15, 0.2) is 0 Å². The number of alkyl halides is 2. The molecule has 1 fully saturated rings. The second-order valence-electron chi connectivity index (χ2n) is 4.73. The van der Waals surface area contributed by atoms with Crippen LogP contribution in [-0.4, -0.2) is 53.1 Å². The van der Waals surface area contributed by atoms with Gasteiger partial charge in [-0.15, -0.1) is 0 Å². The lowest BCUT2D eigenvalue weighted by Crippen LogP contribution is -2.45. The highest BCUT2D eigenvalue weighted by atomic mass is 19.3. The topological polar surface area (TPSA) is 77.8 Å². The molecule has 0 heterocycles. The van der Waals surface area contributed by atoms with Crippen molar-refractivity contribution in [1.82, 2.24) is 4.90 Å². The Balaban J connectivity index is 2.77. The fraction of sp³-hybridized carbons (Fsp3) is 0.833. The van der Waals surface area contributed by atoms with Crippen LogP contribution in [0.5, 0.6) is 0 Å². The van der Waals surface area contributed by atoms with Crippen molar-refractivity contribution in [3.8, 4) is 0 Å². The summed E-state index contributed by atoms with van der Waals surface area (Å²) in [6.45, 7) is -1.36. The summed E-state index contributed by atoms with van der Waals surface area (Å²) in [7, 11) is 0. The van der Waals surface area contributed by atoms with Crippen LogP contribution < -0.4 is 0 Å². The maximum Gasteiger partial charge on any atom is 0.307 e. The number of rotatable bonds is 6. The number of aliphatic hydroxyl groups is 1. The number of aliphatic hydroxyl groups excluding tert-OH is 1. The minimum Gasteiger partial charge on any atom is -0.481 e. The molecule has 1 saturated carbocycles. The monoisotopic (exact) mass is 279 g/mol. The molecule has 0 aromatic heterocycles. The van der Waals surface area contributed by atoms with Crippen LogP contribution in [0.3, 0.4) is 0 Å². The number of nitrogens with zero attached hydrogens (tertiary/aromatic N) is 1. The minimum atomic E-state index is -2.69. The Hall–Kier alpha value is -1.24. The zero-order valence-electron chi connectivity index (χ0n) is 10.6. The molecule has 0 aromatic rings. The van der Waals surface area contributed by atoms with Crippen molar-refractivity contribution in [3.63, 3.8) is 0 Å². The van der Waals surface area contributed by atoms with Crippen LogP contribution in [0.1, 0.15) is 25.7 Å². The predicted octanol–water partition coefficient (Wildman–Crippen LogP) is 0.963. The van der Waals surface area contributed by atoms with Gasteiger partial charge in [-0.05, 0) is 12.8 Å². The van der Waals surface area contributed by atoms with Gasteiger partial charge in [-0.3, -0.25) is 9.59 Å². The van der Waals surface area contributed by atoms with E-state index < -0.39 is 43.3 Å². The Labute approximate surface area is 110 Å². The van der Waals surface area contributed by atoms with Gasteiger partial charge < -0.3 is 15.1 Å². The molecule has 19 heavy (non-hydrogen) atoms. The summed E-state index contributed by atoms with van der Waals surface area (Å²) in [6, 6.07) is 0. The van der Waals surface area contributed by atoms with E-state index in [0.29, 0.717) is 12.8 Å². The molecular formula is C12H19F2NO4. The van der Waals surface area contributed by atoms with E-state index >= 15 is 0 Å². The molecule has 1 aliphatic rings. The SMILES string of the molecule is O=C(O)[C@H]1CCCC[C@H]1C(=O)N(CCO)CC(F)F. The molecule has 0 aromatic carbocycles. The number of halogens is 2. The van der Waals surface area contributed by atoms with Crippen molar-refractivity contribution in [2.24, 2.45) is 11.8 Å². The molecule has 1 amide bonds. The number of amides is 1. The van der Waals surface area contributed by atoms with Gasteiger partial charge in [0.1, 0.15) is 0 Å². The molecule has 5 nitrogen and oxygen atoms in total. The molecule has 0 spiro atoms. The molecule has 7 heteroatoms. The zero-order valence-corrected chi connectivity index (χ0v) is 10.6. The van der Waals surface area contributed by atoms with E-state index in [1.165, 1.54) is 0 Å². The van der Waals surface area contributed by atoms with Crippen LogP contribution in [0.4, 0.5) is 8.78 Å². The lowest BCUT2D eigenvalue weighted by atomic mass is 9.78. The Kier molecular flexibility index (Phi) is 6.14. The molecule has 0 aliphatic heterocycles. The smallest absolute Gasteiger partial charge is 0.307 e. The third-order valence-electron chi connectivity index (χ3n) is 3.44. The van der Waals surface area contributed by atoms with Crippen molar-refractivity contribution < 1.29 is 28.6 Å². The van der Waals surface area contributed by atoms with E-state index in [2.05, 4.69) is 0 Å². The van der Waals surface area contributed by atoms with E-state index in [1.54, 1.807) is 0 Å². The first kappa shape index (κ1) is 15.8. The van der Waals surface area contributed by atoms with E-state index in [-0.39, 0.29) is 6.54 Å². The number of carboxylic acids is 1. The molecule has 1 rings (SSSR count). The molecular weight excluding hydrogens is 260 g/mol. The van der Waals surface area contributed by atoms with Crippen LogP contribution in [0.15, 0.2) is 0 Å². The second kappa shape index (κ2) is 7.37. The lowest BCUT2D eigenvalue weighted by Gasteiger charge is -2.32. The Morgan fingerprint density at radius 2 is 1.79 bits per heavy atom. The van der Waals surface area contributed by atoms with Crippen LogP contribution in [-0.2, 0) is 9.59 Å². The van der Waals surface area contributed by atoms with E-state index in [9.17, 15) is 18.4 Å². The maximum atomic E-state index is 12.4. The summed E-state index contributed by atoms with van der Waals surface area (Å²) in [5.41, 5.74) is 0. The van der Waals surface area contributed by atoms with Gasteiger partial charge >= 0.3 is 5.97 Å². The highest BCUT2D eigenvalue weighted by Gasteiger charge is 2.38. The van der Waals surface area contributed by atoms with Crippen LogP contribution in [0, 0.1) is 11.8 Å². The van der Waals surface area contributed by atoms with Gasteiger partial charge in [-0.1, -0.05) is 12.8 Å². The van der Waals surface area contributed by atoms with Gasteiger partial charge in [0.2, 0.25) is 5.91 Å². The third kappa shape index (κ3) is 4.41. The van der Waals surface area contributed by atoms with Crippen LogP contribution in [0.2, 0.25) is 0 Å². The molecule has 0 saturated heterocycles. The Morgan fingerprint density at radius 1 is 1.21 bits per heavy atom. The molecule has 2 N–H and O–H groups in total. The number of hydrogen-bond donors (Lipinski definition) is 2. The highest BCUT2D eigenvalue weighted by molar-refractivity contribution is 5.85. The van der Waals surface area contributed by atoms with Gasteiger partial charge in [-0.2, -0.15) is 0 Å². The number of aliphatic carboxylic acids is 1. The summed E-state index contributed by atoms with van der Waals surface area (Å²) >= 11 is 0. The van der Waals surface area contributed by atoms with Gasteiger partial charge in [0.05, 0.1) is 25.0 Å². The fourth-order valence-electron chi connectivity index (χ4n) is 2.54. The Bertz CT molecular complexity index is 325. The van der Waals surface area contributed by atoms with Crippen molar-refractivity contribution in [2.45, 2.75) is 32.1 Å². The van der Waals surface area contributed by atoms with E-state index in [0.717, 1.165) is 17.7 Å². The first-order valence-corrected chi connectivity index (χ1v) is 6.38. The van der Waals surface area contributed by atoms with Gasteiger partial charge in [0.25, 0.3) is 6.43 Å². The van der Waals surface area contributed by atoms with Crippen LogP contribution >= 0.6 is 0 Å². The highest BCUT2D eigenvalue weighted by Crippen LogP contribution is 2.31. The average Bonchev–Trinajstić information content (AvgIpc) is 2.37. The molecule has 1 aliphatic carbocycles. The van der Waals surface area contributed by atoms with Crippen molar-refractivity contribution in [2.75, 3.05) is 19.7 Å². The summed E-state index contributed by atoms with van der Waals surface area (Å²) in [6.07, 6.45) is -0.437. The van der Waals surface area contributed by atoms with Gasteiger partial charge in [0, 0.05) is 6.54 Å². The predicted molar refractivity (Wildman–Crippen MR) is 62.8 cm³/mol. The van der Waals surface area contributed by atoms with E-state index in [1.807, 2.05) is 0 Å². The molecule has 110 valence electrons. The van der Waals surface area contributed by atoms with Crippen molar-refractivity contribution in [1.29, 1.82) is 0 Å². The Morgan fingerprint density at radius 3 is 2.26 bits per heavy atom. The van der Waals surface area contributed by atoms with E-state index in [4.69, 9.17) is 10.2 Å². The number of carboxylic acid groups (broad SMARTS) is 1. The van der Waals surface area contributed by atoms with Crippen molar-refractivity contribution in [3.05, 3.63) is 0 Å². The molecule has 2 atom stereocenters. The first-order valence-electron chi connectivity index (χ1n) is 6.38.